The van der Waals surface area contributed by atoms with E-state index in [1.807, 2.05) is 25.3 Å². The summed E-state index contributed by atoms with van der Waals surface area (Å²) in [6, 6.07) is 9.04. The minimum Gasteiger partial charge on any atom is -0.481 e. The number of aromatic amines is 1. The molecule has 0 spiro atoms. The van der Waals surface area contributed by atoms with Gasteiger partial charge in [-0.05, 0) is 63.4 Å². The molecular weight excluding hydrogens is 398 g/mol. The molecule has 0 bridgehead atoms. The number of amides is 1. The number of carboxylic acids is 1. The fourth-order valence-corrected chi connectivity index (χ4v) is 3.14. The predicted octanol–water partition coefficient (Wildman–Crippen LogP) is 4.43. The molecule has 0 saturated carbocycles. The van der Waals surface area contributed by atoms with Crippen molar-refractivity contribution in [2.45, 2.75) is 39.7 Å². The van der Waals surface area contributed by atoms with Gasteiger partial charge in [0.1, 0.15) is 22.7 Å². The third-order valence-electron chi connectivity index (χ3n) is 4.61. The first-order valence-electron chi connectivity index (χ1n) is 10.0. The number of aromatic nitrogens is 2. The third kappa shape index (κ3) is 5.97. The maximum Gasteiger partial charge on any atom is 0.407 e. The Balaban J connectivity index is 1.63. The minimum absolute atomic E-state index is 0.0235. The number of carboxylic acid groups (broad SMARTS) is 1. The van der Waals surface area contributed by atoms with Gasteiger partial charge < -0.3 is 24.9 Å². The number of hydrogen-bond acceptors (Lipinski definition) is 5. The Morgan fingerprint density at radius 1 is 1.19 bits per heavy atom. The lowest BCUT2D eigenvalue weighted by Gasteiger charge is -2.21. The molecule has 1 atom stereocenters. The zero-order valence-electron chi connectivity index (χ0n) is 18.1. The lowest BCUT2D eigenvalue weighted by atomic mass is 9.99. The molecule has 2 heterocycles. The summed E-state index contributed by atoms with van der Waals surface area (Å²) >= 11 is 0. The highest BCUT2D eigenvalue weighted by Crippen LogP contribution is 2.31. The number of ether oxygens (including phenoxy) is 2. The number of H-pyrrole nitrogens is 1. The number of rotatable bonds is 7. The van der Waals surface area contributed by atoms with Gasteiger partial charge in [0, 0.05) is 18.9 Å². The Hall–Kier alpha value is -3.55. The number of nitrogens with zero attached hydrogens (tertiary/aromatic N) is 1. The van der Waals surface area contributed by atoms with Crippen molar-refractivity contribution in [3.63, 3.8) is 0 Å². The molecule has 3 aromatic rings. The highest BCUT2D eigenvalue weighted by Gasteiger charge is 2.22. The van der Waals surface area contributed by atoms with Gasteiger partial charge in [-0.15, -0.1) is 0 Å². The second kappa shape index (κ2) is 9.07. The van der Waals surface area contributed by atoms with Crippen molar-refractivity contribution in [3.8, 4) is 11.5 Å². The van der Waals surface area contributed by atoms with E-state index >= 15 is 0 Å². The molecule has 0 aliphatic heterocycles. The summed E-state index contributed by atoms with van der Waals surface area (Å²) in [5.41, 5.74) is 1.98. The van der Waals surface area contributed by atoms with E-state index in [9.17, 15) is 14.7 Å². The van der Waals surface area contributed by atoms with Crippen molar-refractivity contribution in [2.24, 2.45) is 5.92 Å². The molecule has 1 aromatic carbocycles. The van der Waals surface area contributed by atoms with Crippen LogP contribution in [-0.4, -0.2) is 39.3 Å². The lowest BCUT2D eigenvalue weighted by molar-refractivity contribution is -0.141. The molecule has 0 aliphatic rings. The highest BCUT2D eigenvalue weighted by molar-refractivity contribution is 5.86. The van der Waals surface area contributed by atoms with E-state index in [1.54, 1.807) is 45.2 Å². The first-order valence-corrected chi connectivity index (χ1v) is 10.0. The van der Waals surface area contributed by atoms with Crippen LogP contribution in [0.3, 0.4) is 0 Å². The number of carbonyl (C=O) groups excluding carboxylic acids is 1. The summed E-state index contributed by atoms with van der Waals surface area (Å²) < 4.78 is 11.2. The number of alkyl carbamates (subject to hydrolysis) is 1. The standard InChI is InChI=1S/C23H27N3O5/c1-14-12-25-20-19(14)18(9-10-24-20)30-17-7-5-15(6-8-17)11-16(21(27)28)13-26-22(29)31-23(2,3)4/h5-10,12,16H,11,13H2,1-4H3,(H,24,25)(H,26,29)(H,27,28). The van der Waals surface area contributed by atoms with Gasteiger partial charge in [-0.2, -0.15) is 0 Å². The van der Waals surface area contributed by atoms with E-state index in [-0.39, 0.29) is 13.0 Å². The fraction of sp³-hybridized carbons (Fsp3) is 0.348. The number of fused-ring (bicyclic) bond motifs is 1. The zero-order chi connectivity index (χ0) is 22.6. The van der Waals surface area contributed by atoms with Crippen LogP contribution in [0.2, 0.25) is 0 Å². The van der Waals surface area contributed by atoms with Gasteiger partial charge >= 0.3 is 12.1 Å². The molecule has 3 N–H and O–H groups in total. The van der Waals surface area contributed by atoms with E-state index in [1.165, 1.54) is 0 Å². The number of aliphatic carboxylic acids is 1. The second-order valence-electron chi connectivity index (χ2n) is 8.37. The number of carbonyl (C=O) groups is 2. The number of pyridine rings is 1. The van der Waals surface area contributed by atoms with Crippen LogP contribution in [0.15, 0.2) is 42.7 Å². The molecule has 164 valence electrons. The average Bonchev–Trinajstić information content (AvgIpc) is 3.07. The largest absolute Gasteiger partial charge is 0.481 e. The molecule has 0 aliphatic carbocycles. The van der Waals surface area contributed by atoms with Gasteiger partial charge in [0.25, 0.3) is 0 Å². The number of nitrogens with one attached hydrogen (secondary N) is 2. The van der Waals surface area contributed by atoms with Gasteiger partial charge in [0.05, 0.1) is 11.3 Å². The fourth-order valence-electron chi connectivity index (χ4n) is 3.14. The van der Waals surface area contributed by atoms with Crippen LogP contribution >= 0.6 is 0 Å². The number of aryl methyl sites for hydroxylation is 1. The van der Waals surface area contributed by atoms with Crippen molar-refractivity contribution >= 4 is 23.1 Å². The normalized spacial score (nSPS) is 12.4. The Kier molecular flexibility index (Phi) is 6.48. The number of benzene rings is 1. The molecule has 8 nitrogen and oxygen atoms in total. The summed E-state index contributed by atoms with van der Waals surface area (Å²) in [6.07, 6.45) is 3.19. The second-order valence-corrected chi connectivity index (χ2v) is 8.37. The van der Waals surface area contributed by atoms with Crippen molar-refractivity contribution in [1.82, 2.24) is 15.3 Å². The Morgan fingerprint density at radius 3 is 2.55 bits per heavy atom. The smallest absolute Gasteiger partial charge is 0.407 e. The maximum atomic E-state index is 11.8. The Bertz CT molecular complexity index is 1070. The van der Waals surface area contributed by atoms with Crippen molar-refractivity contribution < 1.29 is 24.2 Å². The summed E-state index contributed by atoms with van der Waals surface area (Å²) in [4.78, 5) is 30.8. The van der Waals surface area contributed by atoms with Crippen LogP contribution in [0, 0.1) is 12.8 Å². The number of hydrogen-bond donors (Lipinski definition) is 3. The molecule has 0 saturated heterocycles. The van der Waals surface area contributed by atoms with E-state index in [0.29, 0.717) is 11.5 Å². The summed E-state index contributed by atoms with van der Waals surface area (Å²) in [7, 11) is 0. The topological polar surface area (TPSA) is 114 Å². The van der Waals surface area contributed by atoms with Crippen LogP contribution in [0.25, 0.3) is 11.0 Å². The molecule has 0 fully saturated rings. The average molecular weight is 425 g/mol. The van der Waals surface area contributed by atoms with Crippen molar-refractivity contribution in [3.05, 3.63) is 53.9 Å². The summed E-state index contributed by atoms with van der Waals surface area (Å²) in [5.74, 6) is -0.433. The van der Waals surface area contributed by atoms with Gasteiger partial charge in [-0.1, -0.05) is 12.1 Å². The van der Waals surface area contributed by atoms with Gasteiger partial charge in [-0.25, -0.2) is 9.78 Å². The van der Waals surface area contributed by atoms with E-state index in [4.69, 9.17) is 9.47 Å². The maximum absolute atomic E-state index is 11.8. The first-order chi connectivity index (χ1) is 14.6. The third-order valence-corrected chi connectivity index (χ3v) is 4.61. The molecule has 8 heteroatoms. The van der Waals surface area contributed by atoms with E-state index < -0.39 is 23.6 Å². The monoisotopic (exact) mass is 425 g/mol. The summed E-state index contributed by atoms with van der Waals surface area (Å²) in [5, 5.41) is 13.0. The quantitative estimate of drug-likeness (QED) is 0.516. The molecule has 31 heavy (non-hydrogen) atoms. The molecule has 3 rings (SSSR count). The van der Waals surface area contributed by atoms with Gasteiger partial charge in [0.15, 0.2) is 0 Å². The minimum atomic E-state index is -0.988. The van der Waals surface area contributed by atoms with Crippen LogP contribution in [0.4, 0.5) is 4.79 Å². The summed E-state index contributed by atoms with van der Waals surface area (Å²) in [6.45, 7) is 7.20. The van der Waals surface area contributed by atoms with Crippen LogP contribution in [0.5, 0.6) is 11.5 Å². The molecular formula is C23H27N3O5. The Morgan fingerprint density at radius 2 is 1.90 bits per heavy atom. The first kappa shape index (κ1) is 22.1. The lowest BCUT2D eigenvalue weighted by Crippen LogP contribution is -2.37. The molecule has 1 unspecified atom stereocenters. The van der Waals surface area contributed by atoms with Crippen LogP contribution < -0.4 is 10.1 Å². The van der Waals surface area contributed by atoms with E-state index in [2.05, 4.69) is 15.3 Å². The van der Waals surface area contributed by atoms with E-state index in [0.717, 1.165) is 22.2 Å². The SMILES string of the molecule is Cc1c[nH]c2nccc(Oc3ccc(CC(CNC(=O)OC(C)(C)C)C(=O)O)cc3)c12. The van der Waals surface area contributed by atoms with Crippen molar-refractivity contribution in [2.75, 3.05) is 6.54 Å². The molecule has 2 aromatic heterocycles. The molecule has 1 amide bonds. The molecule has 0 radical (unpaired) electrons. The van der Waals surface area contributed by atoms with Gasteiger partial charge in [-0.3, -0.25) is 4.79 Å². The highest BCUT2D eigenvalue weighted by atomic mass is 16.6. The van der Waals surface area contributed by atoms with Crippen LogP contribution in [0.1, 0.15) is 31.9 Å². The Labute approximate surface area is 180 Å². The van der Waals surface area contributed by atoms with Gasteiger partial charge in [0.2, 0.25) is 0 Å². The van der Waals surface area contributed by atoms with Crippen molar-refractivity contribution in [1.29, 1.82) is 0 Å². The predicted molar refractivity (Wildman–Crippen MR) is 116 cm³/mol. The zero-order valence-corrected chi connectivity index (χ0v) is 18.1. The van der Waals surface area contributed by atoms with Crippen LogP contribution in [-0.2, 0) is 16.0 Å².